The summed E-state index contributed by atoms with van der Waals surface area (Å²) in [5, 5.41) is 11.9. The van der Waals surface area contributed by atoms with Crippen LogP contribution in [0.25, 0.3) is 22.3 Å². The summed E-state index contributed by atoms with van der Waals surface area (Å²) >= 11 is 0. The summed E-state index contributed by atoms with van der Waals surface area (Å²) in [4.78, 5) is 0. The monoisotopic (exact) mass is 404 g/mol. The van der Waals surface area contributed by atoms with Gasteiger partial charge in [-0.05, 0) is 31.2 Å². The normalized spacial score (nSPS) is 12.4. The Balaban J connectivity index is 0.00000261. The molecule has 0 spiro atoms. The molecule has 146 valence electrons. The van der Waals surface area contributed by atoms with Crippen molar-refractivity contribution in [1.82, 2.24) is 24.8 Å². The number of allylic oxidation sites excluding steroid dienone is 1. The largest absolute Gasteiger partial charge is 0.416 e. The number of nitrogens with zero attached hydrogens (tertiary/aromatic N) is 5. The van der Waals surface area contributed by atoms with Gasteiger partial charge < -0.3 is 5.73 Å². The predicted molar refractivity (Wildman–Crippen MR) is 94.9 cm³/mol. The maximum atomic E-state index is 13.8. The maximum Gasteiger partial charge on any atom is 0.416 e. The zero-order valence-electron chi connectivity index (χ0n) is 14.2. The van der Waals surface area contributed by atoms with Gasteiger partial charge in [-0.3, -0.25) is 4.68 Å². The molecule has 0 aliphatic rings. The van der Waals surface area contributed by atoms with Crippen LogP contribution >= 0.6 is 12.4 Å². The lowest BCUT2D eigenvalue weighted by molar-refractivity contribution is -0.137. The van der Waals surface area contributed by atoms with E-state index >= 15 is 0 Å². The highest BCUT2D eigenvalue weighted by Crippen LogP contribution is 2.36. The van der Waals surface area contributed by atoms with Crippen LogP contribution in [-0.2, 0) is 19.3 Å². The Hall–Kier alpha value is -2.46. The Morgan fingerprint density at radius 3 is 2.63 bits per heavy atom. The second-order valence-electron chi connectivity index (χ2n) is 5.56. The molecule has 27 heavy (non-hydrogen) atoms. The number of aromatic nitrogens is 5. The van der Waals surface area contributed by atoms with Gasteiger partial charge in [-0.15, -0.1) is 17.5 Å². The van der Waals surface area contributed by atoms with Crippen molar-refractivity contribution >= 4 is 23.4 Å². The van der Waals surface area contributed by atoms with E-state index in [1.54, 1.807) is 10.7 Å². The van der Waals surface area contributed by atoms with Crippen LogP contribution in [0.5, 0.6) is 0 Å². The van der Waals surface area contributed by atoms with Crippen LogP contribution in [0.2, 0.25) is 0 Å². The molecule has 6 nitrogen and oxygen atoms in total. The molecule has 0 radical (unpaired) electrons. The molecule has 0 fully saturated rings. The number of nitrogens with two attached hydrogens (primary N) is 1. The van der Waals surface area contributed by atoms with E-state index in [2.05, 4.69) is 15.4 Å². The number of benzene rings is 1. The highest BCUT2D eigenvalue weighted by molar-refractivity contribution is 5.91. The van der Waals surface area contributed by atoms with E-state index in [0.717, 1.165) is 22.9 Å². The van der Waals surface area contributed by atoms with E-state index in [-0.39, 0.29) is 42.1 Å². The number of hydrogen-bond acceptors (Lipinski definition) is 4. The average Bonchev–Trinajstić information content (AvgIpc) is 3.20. The van der Waals surface area contributed by atoms with Gasteiger partial charge in [-0.2, -0.15) is 18.3 Å². The highest BCUT2D eigenvalue weighted by Gasteiger charge is 2.33. The molecule has 0 aliphatic heterocycles. The van der Waals surface area contributed by atoms with Gasteiger partial charge in [0.2, 0.25) is 0 Å². The van der Waals surface area contributed by atoms with Crippen molar-refractivity contribution in [3.8, 4) is 11.3 Å². The van der Waals surface area contributed by atoms with Crippen molar-refractivity contribution in [1.29, 1.82) is 0 Å². The molecule has 2 N–H and O–H groups in total. The lowest BCUT2D eigenvalue weighted by atomic mass is 10.0. The van der Waals surface area contributed by atoms with Crippen LogP contribution in [0, 0.1) is 0 Å². The molecule has 3 rings (SSSR count). The number of fused-ring (bicyclic) bond motifs is 1. The van der Waals surface area contributed by atoms with Crippen molar-refractivity contribution in [2.24, 2.45) is 5.73 Å². The van der Waals surface area contributed by atoms with E-state index in [1.165, 1.54) is 6.20 Å². The van der Waals surface area contributed by atoms with Gasteiger partial charge in [0.1, 0.15) is 11.3 Å². The van der Waals surface area contributed by atoms with E-state index in [4.69, 9.17) is 5.73 Å². The zero-order valence-corrected chi connectivity index (χ0v) is 15.1. The Morgan fingerprint density at radius 2 is 2.00 bits per heavy atom. The molecule has 0 saturated carbocycles. The second-order valence-corrected chi connectivity index (χ2v) is 5.56. The molecule has 0 amide bonds. The fourth-order valence-corrected chi connectivity index (χ4v) is 2.69. The summed E-state index contributed by atoms with van der Waals surface area (Å²) in [6.45, 7) is 1.93. The molecule has 0 saturated heterocycles. The molecule has 0 unspecified atom stereocenters. The number of hydrogen-bond donors (Lipinski definition) is 1. The van der Waals surface area contributed by atoms with Gasteiger partial charge in [0.05, 0.1) is 23.3 Å². The number of alkyl halides is 3. The first-order chi connectivity index (χ1) is 12.3. The number of halogens is 5. The lowest BCUT2D eigenvalue weighted by Crippen LogP contribution is -2.08. The number of rotatable bonds is 5. The van der Waals surface area contributed by atoms with E-state index in [0.29, 0.717) is 12.2 Å². The first-order valence-corrected chi connectivity index (χ1v) is 7.86. The van der Waals surface area contributed by atoms with Gasteiger partial charge in [-0.1, -0.05) is 5.21 Å². The van der Waals surface area contributed by atoms with Crippen molar-refractivity contribution in [2.45, 2.75) is 26.2 Å². The molecule has 0 bridgehead atoms. The smallest absolute Gasteiger partial charge is 0.327 e. The van der Waals surface area contributed by atoms with Crippen LogP contribution in [-0.4, -0.2) is 31.3 Å². The van der Waals surface area contributed by atoms with Crippen molar-refractivity contribution in [3.63, 3.8) is 0 Å². The molecule has 0 atom stereocenters. The van der Waals surface area contributed by atoms with Crippen molar-refractivity contribution < 1.29 is 17.6 Å². The summed E-state index contributed by atoms with van der Waals surface area (Å²) in [6.07, 6.45) is -1.94. The summed E-state index contributed by atoms with van der Waals surface area (Å²) in [5.41, 5.74) is 5.43. The minimum absolute atomic E-state index is 0. The molecular weight excluding hydrogens is 388 g/mol. The first-order valence-electron chi connectivity index (χ1n) is 7.86. The molecule has 0 aliphatic carbocycles. The van der Waals surface area contributed by atoms with Gasteiger partial charge in [0.15, 0.2) is 0 Å². The molecule has 11 heteroatoms. The van der Waals surface area contributed by atoms with Crippen LogP contribution in [0.15, 0.2) is 36.3 Å². The Morgan fingerprint density at radius 1 is 1.26 bits per heavy atom. The van der Waals surface area contributed by atoms with E-state index in [9.17, 15) is 17.6 Å². The molecule has 3 aromatic rings. The van der Waals surface area contributed by atoms with Crippen LogP contribution < -0.4 is 5.73 Å². The Kier molecular flexibility index (Phi) is 6.22. The Labute approximate surface area is 158 Å². The predicted octanol–water partition coefficient (Wildman–Crippen LogP) is 3.57. The third-order valence-corrected chi connectivity index (χ3v) is 3.88. The molecule has 1 aromatic carbocycles. The summed E-state index contributed by atoms with van der Waals surface area (Å²) < 4.78 is 56.5. The van der Waals surface area contributed by atoms with Gasteiger partial charge in [0.25, 0.3) is 0 Å². The Bertz CT molecular complexity index is 960. The van der Waals surface area contributed by atoms with Crippen LogP contribution in [0.4, 0.5) is 17.6 Å². The highest BCUT2D eigenvalue weighted by atomic mass is 35.5. The third kappa shape index (κ3) is 4.11. The van der Waals surface area contributed by atoms with E-state index in [1.807, 2.05) is 6.92 Å². The minimum Gasteiger partial charge on any atom is -0.327 e. The van der Waals surface area contributed by atoms with Gasteiger partial charge in [0, 0.05) is 24.8 Å². The van der Waals surface area contributed by atoms with Crippen molar-refractivity contribution in [3.05, 3.63) is 41.9 Å². The average molecular weight is 405 g/mol. The quantitative estimate of drug-likeness (QED) is 0.660. The maximum absolute atomic E-state index is 13.8. The standard InChI is InChI=1S/C16H16F4N6.ClH/c1-2-25-13(4-6-22-25)12-7-10(16(18,19)20)8-14-15(12)23-24-26(14)9-11(17)3-5-21;/h3-4,6-8H,2,5,9,21H2,1H3;1H/b11-3-;. The summed E-state index contributed by atoms with van der Waals surface area (Å²) in [5.74, 6) is -0.600. The lowest BCUT2D eigenvalue weighted by Gasteiger charge is -2.11. The van der Waals surface area contributed by atoms with Crippen molar-refractivity contribution in [2.75, 3.05) is 6.54 Å². The molecule has 2 heterocycles. The zero-order chi connectivity index (χ0) is 18.9. The molecule has 2 aromatic heterocycles. The summed E-state index contributed by atoms with van der Waals surface area (Å²) in [7, 11) is 0. The van der Waals surface area contributed by atoms with Crippen LogP contribution in [0.3, 0.4) is 0 Å². The molecular formula is C16H17ClF4N6. The fourth-order valence-electron chi connectivity index (χ4n) is 2.69. The topological polar surface area (TPSA) is 74.5 Å². The SMILES string of the molecule is CCn1nccc1-c1cc(C(F)(F)F)cc2c1nnn2C/C(F)=C/CN.Cl. The van der Waals surface area contributed by atoms with Gasteiger partial charge >= 0.3 is 6.18 Å². The number of aryl methyl sites for hydroxylation is 1. The first kappa shape index (κ1) is 20.8. The van der Waals surface area contributed by atoms with Crippen LogP contribution in [0.1, 0.15) is 12.5 Å². The third-order valence-electron chi connectivity index (χ3n) is 3.88. The second kappa shape index (κ2) is 8.05. The van der Waals surface area contributed by atoms with E-state index < -0.39 is 17.6 Å². The van der Waals surface area contributed by atoms with Gasteiger partial charge in [-0.25, -0.2) is 9.07 Å². The fraction of sp³-hybridized carbons (Fsp3) is 0.312. The summed E-state index contributed by atoms with van der Waals surface area (Å²) in [6, 6.07) is 3.53. The minimum atomic E-state index is -4.57.